The summed E-state index contributed by atoms with van der Waals surface area (Å²) in [7, 11) is -5.00. The van der Waals surface area contributed by atoms with Crippen molar-refractivity contribution in [1.82, 2.24) is 35.0 Å². The molecule has 0 radical (unpaired) electrons. The highest BCUT2D eigenvalue weighted by molar-refractivity contribution is 8.02. The molecule has 0 bridgehead atoms. The highest BCUT2D eigenvalue weighted by Crippen LogP contribution is 2.26. The van der Waals surface area contributed by atoms with Gasteiger partial charge in [-0.15, -0.1) is 0 Å². The molecular formula is C17H25N11O8S2. The first kappa shape index (κ1) is 28.6. The second-order valence-corrected chi connectivity index (χ2v) is 10.7. The molecular weight excluding hydrogens is 550 g/mol. The van der Waals surface area contributed by atoms with Gasteiger partial charge in [-0.05, 0) is 13.8 Å². The molecule has 2 aliphatic heterocycles. The third-order valence-electron chi connectivity index (χ3n) is 5.08. The average Bonchev–Trinajstić information content (AvgIpc) is 3.43. The van der Waals surface area contributed by atoms with Crippen molar-refractivity contribution in [2.75, 3.05) is 0 Å². The topological polar surface area (TPSA) is 293 Å². The van der Waals surface area contributed by atoms with E-state index in [2.05, 4.69) is 31.2 Å². The summed E-state index contributed by atoms with van der Waals surface area (Å²) in [4.78, 5) is 46.1. The lowest BCUT2D eigenvalue weighted by Crippen LogP contribution is -2.73. The molecule has 0 saturated carbocycles. The van der Waals surface area contributed by atoms with Gasteiger partial charge < -0.3 is 37.4 Å². The second kappa shape index (κ2) is 10.8. The maximum Gasteiger partial charge on any atom is 0.362 e. The number of aromatic nitrogens is 3. The van der Waals surface area contributed by atoms with E-state index in [-0.39, 0.29) is 34.9 Å². The Morgan fingerprint density at radius 2 is 2.11 bits per heavy atom. The molecule has 21 heteroatoms. The smallest absolute Gasteiger partial charge is 0.362 e. The molecule has 1 aromatic heterocycles. The number of oxime groups is 1. The molecule has 1 saturated heterocycles. The summed E-state index contributed by atoms with van der Waals surface area (Å²) in [5, 5.41) is 33.1. The predicted molar refractivity (Wildman–Crippen MR) is 130 cm³/mol. The summed E-state index contributed by atoms with van der Waals surface area (Å²) in [6.07, 6.45) is 1.21. The predicted octanol–water partition coefficient (Wildman–Crippen LogP) is -3.58. The number of thioether (sulfide) groups is 1. The van der Waals surface area contributed by atoms with Gasteiger partial charge in [0.05, 0.1) is 24.8 Å². The zero-order chi connectivity index (χ0) is 28.4. The summed E-state index contributed by atoms with van der Waals surface area (Å²) in [6, 6.07) is -2.79. The van der Waals surface area contributed by atoms with Crippen molar-refractivity contribution in [1.29, 1.82) is 5.41 Å². The lowest BCUT2D eigenvalue weighted by molar-refractivity contribution is -0.161. The van der Waals surface area contributed by atoms with Crippen LogP contribution < -0.4 is 27.4 Å². The molecule has 19 nitrogen and oxygen atoms in total. The minimum atomic E-state index is -5.00. The van der Waals surface area contributed by atoms with Crippen LogP contribution in [0.5, 0.6) is 0 Å². The molecule has 2 amide bonds. The number of carbonyl (C=O) groups excluding carboxylic acids is 2. The van der Waals surface area contributed by atoms with Crippen LogP contribution in [-0.2, 0) is 42.6 Å². The monoisotopic (exact) mass is 575 g/mol. The van der Waals surface area contributed by atoms with Crippen molar-refractivity contribution in [2.45, 2.75) is 50.1 Å². The molecule has 3 atom stereocenters. The lowest BCUT2D eigenvalue weighted by Gasteiger charge is -2.43. The van der Waals surface area contributed by atoms with Crippen LogP contribution in [0.1, 0.15) is 19.7 Å². The molecule has 3 unspecified atom stereocenters. The molecule has 0 aromatic carbocycles. The van der Waals surface area contributed by atoms with Gasteiger partial charge in [0.2, 0.25) is 5.60 Å². The number of aliphatic carboxylic acids is 1. The molecule has 38 heavy (non-hydrogen) atoms. The zero-order valence-corrected chi connectivity index (χ0v) is 21.5. The number of carboxylic acid groups (broad SMARTS) is 1. The number of nitrogens with two attached hydrogens (primary N) is 2. The first-order valence-electron chi connectivity index (χ1n) is 10.6. The number of nitrogens with one attached hydrogen (secondary N) is 4. The summed E-state index contributed by atoms with van der Waals surface area (Å²) >= 11 is 1.08. The normalized spacial score (nSPS) is 21.7. The van der Waals surface area contributed by atoms with E-state index in [0.717, 1.165) is 16.4 Å². The lowest BCUT2D eigenvalue weighted by atomic mass is 9.98. The number of rotatable bonds is 11. The van der Waals surface area contributed by atoms with Crippen LogP contribution in [0.25, 0.3) is 0 Å². The Balaban J connectivity index is 1.83. The van der Waals surface area contributed by atoms with Gasteiger partial charge in [0, 0.05) is 5.41 Å². The summed E-state index contributed by atoms with van der Waals surface area (Å²) < 4.78 is 34.5. The van der Waals surface area contributed by atoms with Gasteiger partial charge in [0.15, 0.2) is 17.5 Å². The van der Waals surface area contributed by atoms with Crippen LogP contribution in [0.2, 0.25) is 0 Å². The third-order valence-corrected chi connectivity index (χ3v) is 6.81. The van der Waals surface area contributed by atoms with Crippen LogP contribution in [-0.4, -0.2) is 89.8 Å². The van der Waals surface area contributed by atoms with Gasteiger partial charge in [-0.1, -0.05) is 16.9 Å². The average molecular weight is 576 g/mol. The van der Waals surface area contributed by atoms with Gasteiger partial charge in [-0.25, -0.2) is 14.1 Å². The molecule has 0 spiro atoms. The Morgan fingerprint density at radius 1 is 1.42 bits per heavy atom. The van der Waals surface area contributed by atoms with Crippen molar-refractivity contribution in [3.05, 3.63) is 23.3 Å². The molecule has 1 fully saturated rings. The van der Waals surface area contributed by atoms with E-state index in [1.165, 1.54) is 25.6 Å². The van der Waals surface area contributed by atoms with E-state index in [1.54, 1.807) is 0 Å². The standard InChI is InChI=1S/C17H25N11O8S2/c1-17(2,14(31)32)36-26-10(7-5-37-16(20)23-7)12(29)24-11-8(28(13(11)30)38(33,34)35)4-27-6-22-9(25-27)3-21-15(18)19/h5-6,8,11,16,23H,3-4,20H2,1-2H3,(H,24,29)(H,31,32)(H4,18,19,21)(H,33,34,35)/b26-10-. The van der Waals surface area contributed by atoms with Crippen molar-refractivity contribution < 1.29 is 37.3 Å². The number of hydrogen-bond acceptors (Lipinski definition) is 13. The van der Waals surface area contributed by atoms with E-state index in [1.807, 2.05) is 0 Å². The van der Waals surface area contributed by atoms with Crippen LogP contribution in [0.15, 0.2) is 22.6 Å². The Bertz CT molecular complexity index is 1310. The Morgan fingerprint density at radius 3 is 2.66 bits per heavy atom. The summed E-state index contributed by atoms with van der Waals surface area (Å²) in [6.45, 7) is 2.06. The summed E-state index contributed by atoms with van der Waals surface area (Å²) in [5.41, 5.74) is 8.09. The van der Waals surface area contributed by atoms with E-state index in [4.69, 9.17) is 21.7 Å². The fraction of sp³-hybridized carbons (Fsp3) is 0.471. The Labute approximate surface area is 219 Å². The molecule has 2 aliphatic rings. The first-order valence-corrected chi connectivity index (χ1v) is 12.9. The minimum Gasteiger partial charge on any atom is -0.478 e. The van der Waals surface area contributed by atoms with Crippen molar-refractivity contribution >= 4 is 51.5 Å². The fourth-order valence-corrected chi connectivity index (χ4v) is 4.65. The molecule has 10 N–H and O–H groups in total. The van der Waals surface area contributed by atoms with Crippen LogP contribution in [0.4, 0.5) is 0 Å². The van der Waals surface area contributed by atoms with Crippen molar-refractivity contribution in [2.24, 2.45) is 16.6 Å². The number of carbonyl (C=O) groups is 3. The minimum absolute atomic E-state index is 0.0110. The van der Waals surface area contributed by atoms with Gasteiger partial charge in [0.25, 0.3) is 11.8 Å². The Hall–Kier alpha value is -3.95. The molecule has 3 rings (SSSR count). The molecule has 208 valence electrons. The van der Waals surface area contributed by atoms with E-state index < -0.39 is 57.0 Å². The van der Waals surface area contributed by atoms with Crippen LogP contribution in [0.3, 0.4) is 0 Å². The number of amides is 2. The molecule has 3 heterocycles. The van der Waals surface area contributed by atoms with E-state index in [0.29, 0.717) is 0 Å². The maximum absolute atomic E-state index is 13.1. The van der Waals surface area contributed by atoms with Crippen LogP contribution >= 0.6 is 11.8 Å². The highest BCUT2D eigenvalue weighted by Gasteiger charge is 2.54. The van der Waals surface area contributed by atoms with E-state index in [9.17, 15) is 32.5 Å². The summed E-state index contributed by atoms with van der Waals surface area (Å²) in [5.74, 6) is -3.68. The van der Waals surface area contributed by atoms with Gasteiger partial charge in [-0.3, -0.25) is 24.2 Å². The first-order chi connectivity index (χ1) is 17.6. The largest absolute Gasteiger partial charge is 0.478 e. The van der Waals surface area contributed by atoms with Gasteiger partial charge in [0.1, 0.15) is 17.9 Å². The SMILES string of the molecule is CC(C)(O/N=C(\C(=O)NC1C(=O)N(S(=O)(=O)O)C1Cn1cnc(CNC(=N)N)n1)C1=CSC(N)N1)C(=O)O. The second-order valence-electron chi connectivity index (χ2n) is 8.36. The Kier molecular flexibility index (Phi) is 8.14. The quantitative estimate of drug-likeness (QED) is 0.0416. The molecule has 0 aliphatic carbocycles. The van der Waals surface area contributed by atoms with E-state index >= 15 is 0 Å². The fourth-order valence-electron chi connectivity index (χ4n) is 3.12. The maximum atomic E-state index is 13.1. The number of guanidine groups is 1. The molecule has 1 aromatic rings. The van der Waals surface area contributed by atoms with Crippen molar-refractivity contribution in [3.8, 4) is 0 Å². The number of carboxylic acids is 1. The zero-order valence-electron chi connectivity index (χ0n) is 19.9. The van der Waals surface area contributed by atoms with Crippen LogP contribution in [0, 0.1) is 5.41 Å². The van der Waals surface area contributed by atoms with Gasteiger partial charge in [-0.2, -0.15) is 13.5 Å². The number of hydrogen-bond donors (Lipinski definition) is 8. The number of nitrogens with zero attached hydrogens (tertiary/aromatic N) is 5. The highest BCUT2D eigenvalue weighted by atomic mass is 32.2. The van der Waals surface area contributed by atoms with Gasteiger partial charge >= 0.3 is 16.3 Å². The number of β-lactam (4-membered cyclic amide) rings is 1. The third kappa shape index (κ3) is 6.48. The van der Waals surface area contributed by atoms with Crippen molar-refractivity contribution in [3.63, 3.8) is 0 Å².